The maximum absolute atomic E-state index is 11.9. The van der Waals surface area contributed by atoms with Crippen LogP contribution in [0.3, 0.4) is 0 Å². The Hall–Kier alpha value is -0.570. The smallest absolute Gasteiger partial charge is 0.222 e. The van der Waals surface area contributed by atoms with Gasteiger partial charge in [-0.05, 0) is 32.2 Å². The van der Waals surface area contributed by atoms with E-state index in [9.17, 15) is 4.79 Å². The van der Waals surface area contributed by atoms with Crippen LogP contribution in [0.25, 0.3) is 0 Å². The average molecular weight is 210 g/mol. The SMILES string of the molecule is CCCC(=O)N1CC[C@@]2(CN)CCC[C@@H]12. The number of likely N-dealkylation sites (tertiary alicyclic amines) is 1. The monoisotopic (exact) mass is 210 g/mol. The van der Waals surface area contributed by atoms with Gasteiger partial charge in [0, 0.05) is 24.4 Å². The van der Waals surface area contributed by atoms with E-state index in [1.807, 2.05) is 0 Å². The lowest BCUT2D eigenvalue weighted by molar-refractivity contribution is -0.132. The zero-order valence-electron chi connectivity index (χ0n) is 9.67. The third kappa shape index (κ3) is 1.67. The highest BCUT2D eigenvalue weighted by molar-refractivity contribution is 5.77. The number of amides is 1. The molecule has 1 saturated heterocycles. The molecule has 1 amide bonds. The van der Waals surface area contributed by atoms with Gasteiger partial charge in [0.1, 0.15) is 0 Å². The summed E-state index contributed by atoms with van der Waals surface area (Å²) in [6, 6.07) is 0.460. The number of carbonyl (C=O) groups excluding carboxylic acids is 1. The van der Waals surface area contributed by atoms with E-state index in [2.05, 4.69) is 11.8 Å². The van der Waals surface area contributed by atoms with Crippen molar-refractivity contribution in [3.8, 4) is 0 Å². The van der Waals surface area contributed by atoms with Gasteiger partial charge in [0.15, 0.2) is 0 Å². The molecule has 3 nitrogen and oxygen atoms in total. The van der Waals surface area contributed by atoms with Crippen LogP contribution in [-0.4, -0.2) is 29.9 Å². The number of rotatable bonds is 3. The predicted octanol–water partition coefficient (Wildman–Crippen LogP) is 1.52. The number of nitrogens with zero attached hydrogens (tertiary/aromatic N) is 1. The highest BCUT2D eigenvalue weighted by Crippen LogP contribution is 2.48. The Balaban J connectivity index is 2.08. The Morgan fingerprint density at radius 3 is 3.00 bits per heavy atom. The number of hydrogen-bond acceptors (Lipinski definition) is 2. The molecule has 0 radical (unpaired) electrons. The molecule has 1 heterocycles. The molecule has 15 heavy (non-hydrogen) atoms. The molecule has 0 aromatic rings. The molecule has 2 rings (SSSR count). The number of hydrogen-bond donors (Lipinski definition) is 1. The molecule has 1 aliphatic heterocycles. The number of fused-ring (bicyclic) bond motifs is 1. The van der Waals surface area contributed by atoms with Crippen molar-refractivity contribution in [2.24, 2.45) is 11.1 Å². The molecule has 2 atom stereocenters. The summed E-state index contributed by atoms with van der Waals surface area (Å²) in [4.78, 5) is 14.0. The first-order valence-corrected chi connectivity index (χ1v) is 6.23. The van der Waals surface area contributed by atoms with Crippen molar-refractivity contribution in [2.45, 2.75) is 51.5 Å². The third-order valence-corrected chi connectivity index (χ3v) is 4.28. The predicted molar refractivity (Wildman–Crippen MR) is 60.4 cm³/mol. The van der Waals surface area contributed by atoms with Gasteiger partial charge in [-0.25, -0.2) is 0 Å². The van der Waals surface area contributed by atoms with E-state index in [0.29, 0.717) is 18.4 Å². The van der Waals surface area contributed by atoms with Crippen molar-refractivity contribution in [3.63, 3.8) is 0 Å². The van der Waals surface area contributed by atoms with Gasteiger partial charge < -0.3 is 10.6 Å². The summed E-state index contributed by atoms with van der Waals surface area (Å²) >= 11 is 0. The molecule has 1 aliphatic carbocycles. The second kappa shape index (κ2) is 4.12. The van der Waals surface area contributed by atoms with Crippen LogP contribution < -0.4 is 5.73 Å². The van der Waals surface area contributed by atoms with Crippen LogP contribution >= 0.6 is 0 Å². The molecule has 0 unspecified atom stereocenters. The van der Waals surface area contributed by atoms with Gasteiger partial charge in [0.05, 0.1) is 0 Å². The number of nitrogens with two attached hydrogens (primary N) is 1. The maximum atomic E-state index is 11.9. The summed E-state index contributed by atoms with van der Waals surface area (Å²) in [6.07, 6.45) is 6.44. The molecular weight excluding hydrogens is 188 g/mol. The summed E-state index contributed by atoms with van der Waals surface area (Å²) in [6.45, 7) is 3.77. The Morgan fingerprint density at radius 2 is 2.33 bits per heavy atom. The minimum Gasteiger partial charge on any atom is -0.339 e. The molecule has 86 valence electrons. The van der Waals surface area contributed by atoms with E-state index in [4.69, 9.17) is 5.73 Å². The highest BCUT2D eigenvalue weighted by atomic mass is 16.2. The minimum atomic E-state index is 0.281. The lowest BCUT2D eigenvalue weighted by atomic mass is 9.82. The topological polar surface area (TPSA) is 46.3 Å². The first kappa shape index (κ1) is 10.9. The van der Waals surface area contributed by atoms with Gasteiger partial charge in [0.25, 0.3) is 0 Å². The standard InChI is InChI=1S/C12H22N2O/c1-2-4-11(15)14-8-7-12(9-13)6-3-5-10(12)14/h10H,2-9,13H2,1H3/t10-,12-/m1/s1. The fourth-order valence-electron chi connectivity index (χ4n) is 3.39. The quantitative estimate of drug-likeness (QED) is 0.767. The lowest BCUT2D eigenvalue weighted by Gasteiger charge is -2.31. The van der Waals surface area contributed by atoms with Crippen molar-refractivity contribution >= 4 is 5.91 Å². The third-order valence-electron chi connectivity index (χ3n) is 4.28. The highest BCUT2D eigenvalue weighted by Gasteiger charge is 2.50. The summed E-state index contributed by atoms with van der Waals surface area (Å²) in [5.74, 6) is 0.347. The fourth-order valence-corrected chi connectivity index (χ4v) is 3.39. The summed E-state index contributed by atoms with van der Waals surface area (Å²) in [5, 5.41) is 0. The molecule has 0 bridgehead atoms. The average Bonchev–Trinajstić information content (AvgIpc) is 2.75. The Morgan fingerprint density at radius 1 is 1.53 bits per heavy atom. The van der Waals surface area contributed by atoms with Crippen LogP contribution in [0, 0.1) is 5.41 Å². The Bertz CT molecular complexity index is 254. The van der Waals surface area contributed by atoms with E-state index in [1.54, 1.807) is 0 Å². The summed E-state index contributed by atoms with van der Waals surface area (Å²) in [5.41, 5.74) is 6.19. The van der Waals surface area contributed by atoms with Gasteiger partial charge in [-0.3, -0.25) is 4.79 Å². The van der Waals surface area contributed by atoms with Crippen molar-refractivity contribution in [2.75, 3.05) is 13.1 Å². The van der Waals surface area contributed by atoms with Crippen molar-refractivity contribution in [3.05, 3.63) is 0 Å². The van der Waals surface area contributed by atoms with Crippen LogP contribution in [0.2, 0.25) is 0 Å². The Kier molecular flexibility index (Phi) is 3.01. The van der Waals surface area contributed by atoms with Gasteiger partial charge in [-0.2, -0.15) is 0 Å². The van der Waals surface area contributed by atoms with Crippen LogP contribution in [-0.2, 0) is 4.79 Å². The molecule has 3 heteroatoms. The van der Waals surface area contributed by atoms with E-state index in [-0.39, 0.29) is 5.41 Å². The second-order valence-corrected chi connectivity index (χ2v) is 5.06. The van der Waals surface area contributed by atoms with E-state index in [1.165, 1.54) is 19.3 Å². The van der Waals surface area contributed by atoms with Crippen LogP contribution in [0.1, 0.15) is 45.4 Å². The molecule has 2 N–H and O–H groups in total. The van der Waals surface area contributed by atoms with Gasteiger partial charge >= 0.3 is 0 Å². The summed E-state index contributed by atoms with van der Waals surface area (Å²) in [7, 11) is 0. The molecule has 2 fully saturated rings. The van der Waals surface area contributed by atoms with Crippen LogP contribution in [0.5, 0.6) is 0 Å². The maximum Gasteiger partial charge on any atom is 0.222 e. The Labute approximate surface area is 92.0 Å². The van der Waals surface area contributed by atoms with Crippen molar-refractivity contribution < 1.29 is 4.79 Å². The fraction of sp³-hybridized carbons (Fsp3) is 0.917. The number of carbonyl (C=O) groups is 1. The zero-order chi connectivity index (χ0) is 10.9. The summed E-state index contributed by atoms with van der Waals surface area (Å²) < 4.78 is 0. The van der Waals surface area contributed by atoms with Gasteiger partial charge in [-0.15, -0.1) is 0 Å². The van der Waals surface area contributed by atoms with E-state index < -0.39 is 0 Å². The molecule has 0 aromatic carbocycles. The lowest BCUT2D eigenvalue weighted by Crippen LogP contribution is -2.42. The molecular formula is C12H22N2O. The molecule has 0 aromatic heterocycles. The zero-order valence-corrected chi connectivity index (χ0v) is 9.67. The van der Waals surface area contributed by atoms with E-state index in [0.717, 1.165) is 25.9 Å². The van der Waals surface area contributed by atoms with E-state index >= 15 is 0 Å². The van der Waals surface area contributed by atoms with Crippen LogP contribution in [0.4, 0.5) is 0 Å². The largest absolute Gasteiger partial charge is 0.339 e. The molecule has 0 spiro atoms. The molecule has 1 saturated carbocycles. The first-order valence-electron chi connectivity index (χ1n) is 6.23. The normalized spacial score (nSPS) is 34.5. The van der Waals surface area contributed by atoms with Gasteiger partial charge in [0.2, 0.25) is 5.91 Å². The second-order valence-electron chi connectivity index (χ2n) is 5.06. The van der Waals surface area contributed by atoms with Crippen LogP contribution in [0.15, 0.2) is 0 Å². The minimum absolute atomic E-state index is 0.281. The van der Waals surface area contributed by atoms with Crippen molar-refractivity contribution in [1.29, 1.82) is 0 Å². The van der Waals surface area contributed by atoms with Gasteiger partial charge in [-0.1, -0.05) is 13.3 Å². The van der Waals surface area contributed by atoms with Crippen molar-refractivity contribution in [1.82, 2.24) is 4.90 Å². The molecule has 2 aliphatic rings. The first-order chi connectivity index (χ1) is 7.23.